The van der Waals surface area contributed by atoms with Crippen molar-refractivity contribution in [2.24, 2.45) is 22.9 Å². The molecule has 0 aromatic rings. The molecule has 0 aliphatic rings. The molecule has 62 heavy (non-hydrogen) atoms. The van der Waals surface area contributed by atoms with Gasteiger partial charge in [-0.1, -0.05) is 0 Å². The van der Waals surface area contributed by atoms with Gasteiger partial charge in [-0.05, 0) is 51.9 Å². The van der Waals surface area contributed by atoms with Crippen molar-refractivity contribution in [2.45, 2.75) is 139 Å². The highest BCUT2D eigenvalue weighted by atomic mass is 16.4. The Morgan fingerprint density at radius 3 is 0.855 bits per heavy atom. The fourth-order valence-electron chi connectivity index (χ4n) is 5.27. The van der Waals surface area contributed by atoms with Gasteiger partial charge in [-0.3, -0.25) is 62.3 Å². The number of amides is 9. The van der Waals surface area contributed by atoms with E-state index < -0.39 is 184 Å². The normalized spacial score (nSPS) is 14.1. The molecule has 27 nitrogen and oxygen atoms in total. The highest BCUT2D eigenvalue weighted by Gasteiger charge is 2.34. The highest BCUT2D eigenvalue weighted by molar-refractivity contribution is 5.97. The average Bonchev–Trinajstić information content (AvgIpc) is 3.16. The zero-order chi connectivity index (χ0) is 47.7. The summed E-state index contributed by atoms with van der Waals surface area (Å²) in [5.41, 5.74) is 21.3. The van der Waals surface area contributed by atoms with Gasteiger partial charge in [-0.15, -0.1) is 0 Å². The fourth-order valence-corrected chi connectivity index (χ4v) is 5.27. The molecule has 0 spiro atoms. The second-order valence-electron chi connectivity index (χ2n) is 14.1. The van der Waals surface area contributed by atoms with Crippen molar-refractivity contribution in [3.63, 3.8) is 0 Å². The molecule has 0 aliphatic heterocycles. The third kappa shape index (κ3) is 24.9. The third-order valence-electron chi connectivity index (χ3n) is 8.68. The minimum absolute atomic E-state index is 0.0224. The number of primary amides is 3. The van der Waals surface area contributed by atoms with E-state index in [4.69, 9.17) is 33.1 Å². The van der Waals surface area contributed by atoms with E-state index in [9.17, 15) is 72.5 Å². The summed E-state index contributed by atoms with van der Waals surface area (Å²) in [5, 5.41) is 50.1. The summed E-state index contributed by atoms with van der Waals surface area (Å²) in [4.78, 5) is 160. The van der Waals surface area contributed by atoms with Gasteiger partial charge in [0, 0.05) is 51.0 Å². The van der Waals surface area contributed by atoms with Crippen LogP contribution in [0.5, 0.6) is 0 Å². The Kier molecular flexibility index (Phi) is 25.3. The largest absolute Gasteiger partial charge is 0.481 e. The first-order chi connectivity index (χ1) is 28.8. The summed E-state index contributed by atoms with van der Waals surface area (Å²) in [6.45, 7) is 1.46. The summed E-state index contributed by atoms with van der Waals surface area (Å²) in [6.07, 6.45) is -6.98. The summed E-state index contributed by atoms with van der Waals surface area (Å²) < 4.78 is 0. The molecule has 0 unspecified atom stereocenters. The van der Waals surface area contributed by atoms with Crippen molar-refractivity contribution in [2.75, 3.05) is 0 Å². The van der Waals surface area contributed by atoms with Crippen LogP contribution in [-0.4, -0.2) is 140 Å². The number of carboxylic acid groups (broad SMARTS) is 4. The van der Waals surface area contributed by atoms with Crippen molar-refractivity contribution >= 4 is 77.0 Å². The van der Waals surface area contributed by atoms with Gasteiger partial charge in [-0.2, -0.15) is 0 Å². The topological polar surface area (TPSA) is 479 Å². The molecule has 0 fully saturated rings. The maximum absolute atomic E-state index is 13.7. The second-order valence-corrected chi connectivity index (χ2v) is 14.1. The first-order valence-corrected chi connectivity index (χ1v) is 19.1. The lowest BCUT2D eigenvalue weighted by Gasteiger charge is -2.27. The van der Waals surface area contributed by atoms with Crippen LogP contribution in [0.1, 0.15) is 96.8 Å². The van der Waals surface area contributed by atoms with Gasteiger partial charge in [0.05, 0.1) is 6.04 Å². The van der Waals surface area contributed by atoms with Gasteiger partial charge in [0.15, 0.2) is 0 Å². The fraction of sp³-hybridized carbons (Fsp3) is 0.629. The quantitative estimate of drug-likeness (QED) is 0.0292. The van der Waals surface area contributed by atoms with Crippen LogP contribution in [-0.2, 0) is 62.3 Å². The van der Waals surface area contributed by atoms with Gasteiger partial charge in [0.1, 0.15) is 30.2 Å². The molecule has 7 atom stereocenters. The number of nitrogens with one attached hydrogen (secondary N) is 6. The Morgan fingerprint density at radius 1 is 0.355 bits per heavy atom. The van der Waals surface area contributed by atoms with Crippen molar-refractivity contribution in [1.29, 1.82) is 0 Å². The number of nitrogens with two attached hydrogens (primary N) is 4. The first-order valence-electron chi connectivity index (χ1n) is 19.1. The first kappa shape index (κ1) is 55.1. The highest BCUT2D eigenvalue weighted by Crippen LogP contribution is 2.09. The molecule has 348 valence electrons. The molecule has 0 radical (unpaired) electrons. The molecule has 9 amide bonds. The maximum atomic E-state index is 13.7. The van der Waals surface area contributed by atoms with E-state index >= 15 is 0 Å². The molecule has 0 bridgehead atoms. The van der Waals surface area contributed by atoms with Gasteiger partial charge >= 0.3 is 23.9 Å². The van der Waals surface area contributed by atoms with Gasteiger partial charge in [0.2, 0.25) is 53.2 Å². The number of hydrogen-bond donors (Lipinski definition) is 14. The van der Waals surface area contributed by atoms with Crippen LogP contribution in [0.25, 0.3) is 0 Å². The summed E-state index contributed by atoms with van der Waals surface area (Å²) in [7, 11) is 0. The summed E-state index contributed by atoms with van der Waals surface area (Å²) in [5.74, 6) is -14.9. The molecule has 27 heteroatoms. The summed E-state index contributed by atoms with van der Waals surface area (Å²) >= 11 is 0. The van der Waals surface area contributed by atoms with Crippen LogP contribution in [0.2, 0.25) is 0 Å². The van der Waals surface area contributed by atoms with Crippen molar-refractivity contribution in [1.82, 2.24) is 31.9 Å². The van der Waals surface area contributed by atoms with Crippen LogP contribution in [0.4, 0.5) is 0 Å². The SMILES string of the molecule is C[C@H](CCC(=O)O)NC(=O)[C@H](CCC(N)=O)NC(=O)[C@H](CCC(=O)O)NC(=O)[C@H](CCC(N)=O)NC(=O)[C@H](CCC(=O)O)NC(=O)[C@H](CCC(N)=O)NC(=O)[C@@H](N)CCC(=O)O. The van der Waals surface area contributed by atoms with E-state index in [-0.39, 0.29) is 25.7 Å². The Hall–Kier alpha value is -6.93. The molecular formula is C35H56N10O17. The van der Waals surface area contributed by atoms with E-state index in [2.05, 4.69) is 31.9 Å². The monoisotopic (exact) mass is 888 g/mol. The smallest absolute Gasteiger partial charge is 0.303 e. The lowest BCUT2D eigenvalue weighted by Crippen LogP contribution is -2.59. The number of carbonyl (C=O) groups excluding carboxylic acids is 9. The van der Waals surface area contributed by atoms with E-state index in [1.54, 1.807) is 0 Å². The predicted molar refractivity (Wildman–Crippen MR) is 208 cm³/mol. The van der Waals surface area contributed by atoms with Gasteiger partial charge in [-0.25, -0.2) is 0 Å². The van der Waals surface area contributed by atoms with E-state index in [1.807, 2.05) is 0 Å². The number of carboxylic acids is 4. The number of rotatable bonds is 33. The molecule has 18 N–H and O–H groups in total. The number of carbonyl (C=O) groups is 13. The molecule has 0 aromatic heterocycles. The van der Waals surface area contributed by atoms with Gasteiger partial charge in [0.25, 0.3) is 0 Å². The van der Waals surface area contributed by atoms with Gasteiger partial charge < -0.3 is 75.3 Å². The zero-order valence-corrected chi connectivity index (χ0v) is 33.8. The molecule has 0 heterocycles. The van der Waals surface area contributed by atoms with Crippen LogP contribution in [0, 0.1) is 0 Å². The summed E-state index contributed by atoms with van der Waals surface area (Å²) in [6, 6.07) is -10.7. The maximum Gasteiger partial charge on any atom is 0.303 e. The van der Waals surface area contributed by atoms with Crippen molar-refractivity contribution in [3.8, 4) is 0 Å². The van der Waals surface area contributed by atoms with E-state index in [1.165, 1.54) is 6.92 Å². The van der Waals surface area contributed by atoms with Crippen LogP contribution >= 0.6 is 0 Å². The lowest BCUT2D eigenvalue weighted by molar-refractivity contribution is -0.139. The number of aliphatic carboxylic acids is 4. The van der Waals surface area contributed by atoms with Crippen LogP contribution in [0.3, 0.4) is 0 Å². The van der Waals surface area contributed by atoms with Crippen molar-refractivity contribution < 1.29 is 82.8 Å². The minimum atomic E-state index is -1.82. The van der Waals surface area contributed by atoms with Crippen LogP contribution in [0.15, 0.2) is 0 Å². The van der Waals surface area contributed by atoms with E-state index in [0.717, 1.165) is 0 Å². The number of hydrogen-bond acceptors (Lipinski definition) is 14. The molecule has 0 saturated carbocycles. The Labute approximate surface area is 353 Å². The van der Waals surface area contributed by atoms with Crippen molar-refractivity contribution in [3.05, 3.63) is 0 Å². The standard InChI is InChI=1S/C35H56N10O17/c1-16(2-12-26(49)50)40-31(58)18(4-9-23(37)46)42-34(61)21(7-14-28(53)54)45-33(60)20(6-11-25(39)48)43-35(62)22(8-15-29(55)56)44-32(59)19(5-10-24(38)47)41-30(57)17(36)3-13-27(51)52/h16-22H,2-15,36H2,1H3,(H2,37,46)(H2,38,47)(H2,39,48)(H,40,58)(H,41,57)(H,42,61)(H,43,62)(H,44,59)(H,45,60)(H,49,50)(H,51,52)(H,53,54)(H,55,56)/t16-,17+,18+,19+,20+,21+,22+/m1/s1. The molecule has 0 rings (SSSR count). The minimum Gasteiger partial charge on any atom is -0.481 e. The molecule has 0 saturated heterocycles. The predicted octanol–water partition coefficient (Wildman–Crippen LogP) is -5.50. The molecule has 0 aliphatic carbocycles. The Balaban J connectivity index is 6.58. The second kappa shape index (κ2) is 28.5. The average molecular weight is 889 g/mol. The zero-order valence-electron chi connectivity index (χ0n) is 33.8. The lowest BCUT2D eigenvalue weighted by atomic mass is 10.0. The molecular weight excluding hydrogens is 832 g/mol. The van der Waals surface area contributed by atoms with E-state index in [0.29, 0.717) is 0 Å². The molecule has 0 aromatic carbocycles. The Bertz CT molecular complexity index is 1680. The third-order valence-corrected chi connectivity index (χ3v) is 8.68. The van der Waals surface area contributed by atoms with Crippen LogP contribution < -0.4 is 54.8 Å². The Morgan fingerprint density at radius 2 is 0.581 bits per heavy atom.